The lowest BCUT2D eigenvalue weighted by atomic mass is 9.91. The molecule has 0 radical (unpaired) electrons. The maximum absolute atomic E-state index is 13.0. The summed E-state index contributed by atoms with van der Waals surface area (Å²) in [5, 5.41) is 15.8. The highest BCUT2D eigenvalue weighted by Gasteiger charge is 2.29. The predicted octanol–water partition coefficient (Wildman–Crippen LogP) is 8.64. The van der Waals surface area contributed by atoms with Crippen LogP contribution in [0.5, 0.6) is 0 Å². The monoisotopic (exact) mass is 610 g/mol. The minimum atomic E-state index is -0.963. The van der Waals surface area contributed by atoms with Crippen LogP contribution in [0.25, 0.3) is 0 Å². The van der Waals surface area contributed by atoms with Crippen molar-refractivity contribution in [2.75, 3.05) is 26.2 Å². The molecule has 0 aliphatic rings. The standard InChI is InChI=1S/C36H71N3O4/c1-5-8-11-14-16-18-21-24-27-37-34(40)29-33(32(4)26-23-20-13-10-7-3)39(31-36(42)43)30-35(41)38-28-25-22-19-17-15-12-9-6-2/h32-33H,5-31H2,1-4H3,(H,37,40)(H,38,41)(H,42,43). The van der Waals surface area contributed by atoms with Gasteiger partial charge in [0.1, 0.15) is 0 Å². The van der Waals surface area contributed by atoms with Crippen molar-refractivity contribution in [3.63, 3.8) is 0 Å². The van der Waals surface area contributed by atoms with Crippen LogP contribution in [0.1, 0.15) is 175 Å². The Morgan fingerprint density at radius 2 is 0.953 bits per heavy atom. The van der Waals surface area contributed by atoms with Gasteiger partial charge in [-0.25, -0.2) is 0 Å². The van der Waals surface area contributed by atoms with E-state index in [0.717, 1.165) is 44.9 Å². The average Bonchev–Trinajstić information content (AvgIpc) is 2.97. The van der Waals surface area contributed by atoms with E-state index in [1.54, 1.807) is 4.90 Å². The topological polar surface area (TPSA) is 98.7 Å². The highest BCUT2D eigenvalue weighted by atomic mass is 16.4. The first-order valence-corrected chi connectivity index (χ1v) is 18.3. The van der Waals surface area contributed by atoms with Crippen molar-refractivity contribution in [3.8, 4) is 0 Å². The summed E-state index contributed by atoms with van der Waals surface area (Å²) < 4.78 is 0. The molecule has 0 saturated carbocycles. The van der Waals surface area contributed by atoms with Crippen LogP contribution >= 0.6 is 0 Å². The van der Waals surface area contributed by atoms with E-state index in [-0.39, 0.29) is 43.3 Å². The van der Waals surface area contributed by atoms with Crippen molar-refractivity contribution in [1.82, 2.24) is 15.5 Å². The van der Waals surface area contributed by atoms with Gasteiger partial charge in [-0.2, -0.15) is 0 Å². The Bertz CT molecular complexity index is 673. The molecule has 0 rings (SSSR count). The first-order valence-electron chi connectivity index (χ1n) is 18.3. The number of hydrogen-bond acceptors (Lipinski definition) is 4. The molecule has 0 aromatic carbocycles. The zero-order valence-corrected chi connectivity index (χ0v) is 28.9. The Morgan fingerprint density at radius 1 is 0.558 bits per heavy atom. The zero-order chi connectivity index (χ0) is 32.0. The third-order valence-electron chi connectivity index (χ3n) is 8.67. The zero-order valence-electron chi connectivity index (χ0n) is 28.9. The summed E-state index contributed by atoms with van der Waals surface area (Å²) in [6, 6.07) is -0.283. The van der Waals surface area contributed by atoms with Crippen LogP contribution < -0.4 is 10.6 Å². The highest BCUT2D eigenvalue weighted by Crippen LogP contribution is 2.22. The summed E-state index contributed by atoms with van der Waals surface area (Å²) in [4.78, 5) is 39.5. The number of carboxylic acids is 1. The molecular formula is C36H71N3O4. The molecule has 0 heterocycles. The quantitative estimate of drug-likeness (QED) is 0.0663. The Hall–Kier alpha value is -1.63. The molecule has 43 heavy (non-hydrogen) atoms. The molecule has 0 aromatic rings. The fourth-order valence-electron chi connectivity index (χ4n) is 5.89. The van der Waals surface area contributed by atoms with Gasteiger partial charge in [-0.15, -0.1) is 0 Å². The third kappa shape index (κ3) is 26.5. The van der Waals surface area contributed by atoms with Crippen LogP contribution in [-0.2, 0) is 14.4 Å². The third-order valence-corrected chi connectivity index (χ3v) is 8.67. The minimum absolute atomic E-state index is 0.0134. The van der Waals surface area contributed by atoms with Gasteiger partial charge in [-0.05, 0) is 25.2 Å². The molecule has 2 amide bonds. The van der Waals surface area contributed by atoms with Crippen molar-refractivity contribution in [2.24, 2.45) is 5.92 Å². The van der Waals surface area contributed by atoms with Crippen LogP contribution in [-0.4, -0.2) is 60.0 Å². The van der Waals surface area contributed by atoms with Gasteiger partial charge in [0.2, 0.25) is 11.8 Å². The minimum Gasteiger partial charge on any atom is -0.480 e. The second-order valence-corrected chi connectivity index (χ2v) is 12.9. The Balaban J connectivity index is 4.90. The normalized spacial score (nSPS) is 12.8. The number of nitrogens with one attached hydrogen (secondary N) is 2. The Morgan fingerprint density at radius 3 is 1.40 bits per heavy atom. The summed E-state index contributed by atoms with van der Waals surface area (Å²) >= 11 is 0. The highest BCUT2D eigenvalue weighted by molar-refractivity contribution is 5.80. The molecule has 0 saturated heterocycles. The number of carboxylic acid groups (broad SMARTS) is 1. The van der Waals surface area contributed by atoms with E-state index in [0.29, 0.717) is 13.1 Å². The summed E-state index contributed by atoms with van der Waals surface area (Å²) in [6.07, 6.45) is 26.4. The molecule has 0 aliphatic heterocycles. The van der Waals surface area contributed by atoms with E-state index in [9.17, 15) is 19.5 Å². The maximum Gasteiger partial charge on any atom is 0.317 e. The summed E-state index contributed by atoms with van der Waals surface area (Å²) in [5.41, 5.74) is 0. The smallest absolute Gasteiger partial charge is 0.317 e. The molecule has 7 nitrogen and oxygen atoms in total. The lowest BCUT2D eigenvalue weighted by Gasteiger charge is -2.34. The molecule has 7 heteroatoms. The maximum atomic E-state index is 13.0. The van der Waals surface area contributed by atoms with Crippen LogP contribution in [0, 0.1) is 5.92 Å². The largest absolute Gasteiger partial charge is 0.480 e. The Labute approximate surface area is 266 Å². The van der Waals surface area contributed by atoms with Gasteiger partial charge < -0.3 is 15.7 Å². The number of nitrogens with zero attached hydrogens (tertiary/aromatic N) is 1. The van der Waals surface area contributed by atoms with Gasteiger partial charge in [0.05, 0.1) is 13.1 Å². The van der Waals surface area contributed by atoms with E-state index >= 15 is 0 Å². The number of hydrogen-bond donors (Lipinski definition) is 3. The Kier molecular flexibility index (Phi) is 29.2. The number of carbonyl (C=O) groups excluding carboxylic acids is 2. The second kappa shape index (κ2) is 30.4. The van der Waals surface area contributed by atoms with Gasteiger partial charge in [0.15, 0.2) is 0 Å². The van der Waals surface area contributed by atoms with Gasteiger partial charge >= 0.3 is 5.97 Å². The first-order chi connectivity index (χ1) is 20.8. The lowest BCUT2D eigenvalue weighted by Crippen LogP contribution is -2.49. The predicted molar refractivity (Wildman–Crippen MR) is 181 cm³/mol. The molecule has 3 N–H and O–H groups in total. The number of amides is 2. The average molecular weight is 610 g/mol. The van der Waals surface area contributed by atoms with Crippen molar-refractivity contribution >= 4 is 17.8 Å². The summed E-state index contributed by atoms with van der Waals surface area (Å²) in [7, 11) is 0. The number of aliphatic carboxylic acids is 1. The molecule has 254 valence electrons. The van der Waals surface area contributed by atoms with Crippen molar-refractivity contribution in [1.29, 1.82) is 0 Å². The van der Waals surface area contributed by atoms with E-state index in [1.165, 1.54) is 96.3 Å². The molecule has 0 aliphatic carbocycles. The molecule has 2 unspecified atom stereocenters. The first kappa shape index (κ1) is 41.4. The lowest BCUT2D eigenvalue weighted by molar-refractivity contribution is -0.140. The van der Waals surface area contributed by atoms with E-state index in [1.807, 2.05) is 0 Å². The van der Waals surface area contributed by atoms with Gasteiger partial charge in [-0.3, -0.25) is 19.3 Å². The number of rotatable bonds is 32. The van der Waals surface area contributed by atoms with Gasteiger partial charge in [0, 0.05) is 25.6 Å². The van der Waals surface area contributed by atoms with Crippen LogP contribution in [0.3, 0.4) is 0 Å². The molecule has 0 spiro atoms. The van der Waals surface area contributed by atoms with E-state index < -0.39 is 5.97 Å². The van der Waals surface area contributed by atoms with Crippen molar-refractivity contribution < 1.29 is 19.5 Å². The molecular weight excluding hydrogens is 538 g/mol. The molecule has 0 aromatic heterocycles. The number of carbonyl (C=O) groups is 3. The van der Waals surface area contributed by atoms with E-state index in [2.05, 4.69) is 38.3 Å². The van der Waals surface area contributed by atoms with Crippen molar-refractivity contribution in [2.45, 2.75) is 181 Å². The van der Waals surface area contributed by atoms with Gasteiger partial charge in [-0.1, -0.05) is 150 Å². The number of unbranched alkanes of at least 4 members (excludes halogenated alkanes) is 18. The fourth-order valence-corrected chi connectivity index (χ4v) is 5.89. The van der Waals surface area contributed by atoms with Crippen LogP contribution in [0.2, 0.25) is 0 Å². The summed E-state index contributed by atoms with van der Waals surface area (Å²) in [6.45, 7) is 9.83. The SMILES string of the molecule is CCCCCCCCCCNC(=O)CC(C(C)CCCCCCC)N(CC(=O)O)CC(=O)NCCCCCCCCCC. The van der Waals surface area contributed by atoms with E-state index in [4.69, 9.17) is 0 Å². The van der Waals surface area contributed by atoms with Crippen LogP contribution in [0.4, 0.5) is 0 Å². The van der Waals surface area contributed by atoms with Crippen molar-refractivity contribution in [3.05, 3.63) is 0 Å². The molecule has 2 atom stereocenters. The summed E-state index contributed by atoms with van der Waals surface area (Å²) in [5.74, 6) is -1.03. The second-order valence-electron chi connectivity index (χ2n) is 12.9. The van der Waals surface area contributed by atoms with Crippen LogP contribution in [0.15, 0.2) is 0 Å². The fraction of sp³-hybridized carbons (Fsp3) is 0.917. The van der Waals surface area contributed by atoms with Gasteiger partial charge in [0.25, 0.3) is 0 Å². The molecule has 0 fully saturated rings. The molecule has 0 bridgehead atoms.